The lowest BCUT2D eigenvalue weighted by molar-refractivity contribution is -0.154. The Balaban J connectivity index is 2.16. The van der Waals surface area contributed by atoms with Crippen molar-refractivity contribution in [2.45, 2.75) is 18.8 Å². The minimum absolute atomic E-state index is 0.202. The molecule has 1 fully saturated rings. The number of nitrogens with two attached hydrogens (primary N) is 1. The third kappa shape index (κ3) is 1.89. The van der Waals surface area contributed by atoms with Crippen molar-refractivity contribution in [1.29, 1.82) is 0 Å². The summed E-state index contributed by atoms with van der Waals surface area (Å²) in [5.74, 6) is 0.283. The molecule has 0 unspecified atom stereocenters. The maximum Gasteiger partial charge on any atom is 0.310 e. The van der Waals surface area contributed by atoms with E-state index in [2.05, 4.69) is 0 Å². The summed E-state index contributed by atoms with van der Waals surface area (Å²) in [4.78, 5) is 11.2. The van der Waals surface area contributed by atoms with E-state index in [-0.39, 0.29) is 12.5 Å². The molecular formula is C13H17NO3. The Morgan fingerprint density at radius 2 is 2.18 bits per heavy atom. The molecule has 1 aromatic rings. The molecule has 17 heavy (non-hydrogen) atoms. The van der Waals surface area contributed by atoms with Crippen LogP contribution in [0.25, 0.3) is 0 Å². The highest BCUT2D eigenvalue weighted by molar-refractivity contribution is 5.77. The van der Waals surface area contributed by atoms with Crippen LogP contribution in [0.15, 0.2) is 24.3 Å². The Morgan fingerprint density at radius 1 is 1.53 bits per heavy atom. The molecule has 0 saturated heterocycles. The first-order valence-corrected chi connectivity index (χ1v) is 5.69. The van der Waals surface area contributed by atoms with Crippen molar-refractivity contribution in [3.8, 4) is 5.75 Å². The molecule has 1 aliphatic rings. The number of hydrogen-bond acceptors (Lipinski definition) is 3. The number of benzene rings is 1. The van der Waals surface area contributed by atoms with Gasteiger partial charge in [-0.2, -0.15) is 0 Å². The smallest absolute Gasteiger partial charge is 0.310 e. The highest BCUT2D eigenvalue weighted by Gasteiger charge is 2.50. The number of methoxy groups -OCH3 is 1. The fourth-order valence-electron chi connectivity index (χ4n) is 2.54. The summed E-state index contributed by atoms with van der Waals surface area (Å²) in [6.45, 7) is 0.202. The van der Waals surface area contributed by atoms with Crippen molar-refractivity contribution in [3.63, 3.8) is 0 Å². The quantitative estimate of drug-likeness (QED) is 0.831. The average molecular weight is 235 g/mol. The molecule has 1 aliphatic carbocycles. The number of para-hydroxylation sites is 1. The lowest BCUT2D eigenvalue weighted by Crippen LogP contribution is -2.48. The molecule has 1 saturated carbocycles. The van der Waals surface area contributed by atoms with Crippen LogP contribution in [0.3, 0.4) is 0 Å². The van der Waals surface area contributed by atoms with E-state index in [4.69, 9.17) is 15.6 Å². The maximum atomic E-state index is 11.2. The van der Waals surface area contributed by atoms with Crippen molar-refractivity contribution in [3.05, 3.63) is 29.8 Å². The highest BCUT2D eigenvalue weighted by atomic mass is 16.5. The number of rotatable bonds is 4. The van der Waals surface area contributed by atoms with E-state index >= 15 is 0 Å². The summed E-state index contributed by atoms with van der Waals surface area (Å²) >= 11 is 0. The zero-order chi connectivity index (χ0) is 12.5. The van der Waals surface area contributed by atoms with Crippen LogP contribution in [0.2, 0.25) is 0 Å². The number of carbonyl (C=O) groups is 1. The van der Waals surface area contributed by atoms with Crippen LogP contribution >= 0.6 is 0 Å². The van der Waals surface area contributed by atoms with Gasteiger partial charge >= 0.3 is 5.97 Å². The van der Waals surface area contributed by atoms with E-state index in [0.29, 0.717) is 12.8 Å². The van der Waals surface area contributed by atoms with E-state index in [1.165, 1.54) is 0 Å². The Labute approximate surface area is 100 Å². The molecule has 0 bridgehead atoms. The van der Waals surface area contributed by atoms with E-state index in [1.807, 2.05) is 24.3 Å². The van der Waals surface area contributed by atoms with Crippen LogP contribution in [0, 0.1) is 5.41 Å². The molecule has 0 radical (unpaired) electrons. The molecule has 0 heterocycles. The Morgan fingerprint density at radius 3 is 2.71 bits per heavy atom. The van der Waals surface area contributed by atoms with E-state index in [0.717, 1.165) is 11.3 Å². The van der Waals surface area contributed by atoms with Gasteiger partial charge in [0, 0.05) is 6.54 Å². The largest absolute Gasteiger partial charge is 0.496 e. The lowest BCUT2D eigenvalue weighted by atomic mass is 9.60. The highest BCUT2D eigenvalue weighted by Crippen LogP contribution is 2.52. The van der Waals surface area contributed by atoms with Gasteiger partial charge in [0.25, 0.3) is 0 Å². The first-order chi connectivity index (χ1) is 8.13. The summed E-state index contributed by atoms with van der Waals surface area (Å²) in [7, 11) is 1.63. The Bertz CT molecular complexity index is 424. The van der Waals surface area contributed by atoms with Gasteiger partial charge in [0.05, 0.1) is 12.5 Å². The minimum atomic E-state index is -0.786. The van der Waals surface area contributed by atoms with Crippen LogP contribution in [0.1, 0.15) is 24.3 Å². The summed E-state index contributed by atoms with van der Waals surface area (Å²) in [5, 5.41) is 9.16. The molecule has 0 amide bonds. The van der Waals surface area contributed by atoms with Crippen LogP contribution < -0.4 is 10.5 Å². The number of hydrogen-bond donors (Lipinski definition) is 2. The van der Waals surface area contributed by atoms with Crippen molar-refractivity contribution >= 4 is 5.97 Å². The first kappa shape index (κ1) is 11.9. The van der Waals surface area contributed by atoms with E-state index in [9.17, 15) is 4.79 Å². The second kappa shape index (κ2) is 4.37. The summed E-state index contributed by atoms with van der Waals surface area (Å²) in [6.07, 6.45) is 1.19. The number of carboxylic acids is 1. The summed E-state index contributed by atoms with van der Waals surface area (Å²) in [6, 6.07) is 7.75. The van der Waals surface area contributed by atoms with Crippen LogP contribution in [-0.2, 0) is 4.79 Å². The molecule has 92 valence electrons. The Hall–Kier alpha value is -1.55. The van der Waals surface area contributed by atoms with Crippen molar-refractivity contribution in [2.75, 3.05) is 13.7 Å². The van der Waals surface area contributed by atoms with E-state index < -0.39 is 11.4 Å². The number of ether oxygens (including phenoxy) is 1. The van der Waals surface area contributed by atoms with Gasteiger partial charge < -0.3 is 15.6 Å². The third-order valence-corrected chi connectivity index (χ3v) is 3.70. The van der Waals surface area contributed by atoms with Gasteiger partial charge in [0.15, 0.2) is 0 Å². The van der Waals surface area contributed by atoms with Gasteiger partial charge in [0.1, 0.15) is 5.75 Å². The fraction of sp³-hybridized carbons (Fsp3) is 0.462. The number of aliphatic carboxylic acids is 1. The molecule has 4 nitrogen and oxygen atoms in total. The first-order valence-electron chi connectivity index (χ1n) is 5.69. The standard InChI is InChI=1S/C13H17NO3/c1-17-11-5-3-2-4-10(11)9-6-13(7-9,8-14)12(15)16/h2-5,9H,6-8,14H2,1H3,(H,15,16). The minimum Gasteiger partial charge on any atom is -0.496 e. The van der Waals surface area contributed by atoms with Gasteiger partial charge in [-0.15, -0.1) is 0 Å². The van der Waals surface area contributed by atoms with Crippen molar-refractivity contribution < 1.29 is 14.6 Å². The normalized spacial score (nSPS) is 27.3. The molecule has 2 rings (SSSR count). The predicted molar refractivity (Wildman–Crippen MR) is 64.1 cm³/mol. The van der Waals surface area contributed by atoms with Crippen molar-refractivity contribution in [2.24, 2.45) is 11.1 Å². The number of carboxylic acid groups (broad SMARTS) is 1. The monoisotopic (exact) mass is 235 g/mol. The van der Waals surface area contributed by atoms with Gasteiger partial charge in [0.2, 0.25) is 0 Å². The van der Waals surface area contributed by atoms with Crippen LogP contribution in [0.5, 0.6) is 5.75 Å². The fourth-order valence-corrected chi connectivity index (χ4v) is 2.54. The topological polar surface area (TPSA) is 72.5 Å². The second-order valence-corrected chi connectivity index (χ2v) is 4.64. The summed E-state index contributed by atoms with van der Waals surface area (Å²) < 4.78 is 5.29. The molecule has 0 aromatic heterocycles. The zero-order valence-electron chi connectivity index (χ0n) is 9.85. The Kier molecular flexibility index (Phi) is 3.07. The molecule has 1 aromatic carbocycles. The van der Waals surface area contributed by atoms with E-state index in [1.54, 1.807) is 7.11 Å². The summed E-state index contributed by atoms with van der Waals surface area (Å²) in [5.41, 5.74) is 5.92. The average Bonchev–Trinajstić information content (AvgIpc) is 2.28. The van der Waals surface area contributed by atoms with Crippen LogP contribution in [0.4, 0.5) is 0 Å². The SMILES string of the molecule is COc1ccccc1C1CC(CN)(C(=O)O)C1. The molecule has 4 heteroatoms. The second-order valence-electron chi connectivity index (χ2n) is 4.64. The third-order valence-electron chi connectivity index (χ3n) is 3.70. The van der Waals surface area contributed by atoms with Crippen LogP contribution in [-0.4, -0.2) is 24.7 Å². The molecule has 0 spiro atoms. The van der Waals surface area contributed by atoms with Gasteiger partial charge in [-0.05, 0) is 30.4 Å². The maximum absolute atomic E-state index is 11.2. The molecular weight excluding hydrogens is 218 g/mol. The predicted octanol–water partition coefficient (Wildman–Crippen LogP) is 1.60. The van der Waals surface area contributed by atoms with Crippen molar-refractivity contribution in [1.82, 2.24) is 0 Å². The van der Waals surface area contributed by atoms with Gasteiger partial charge in [-0.25, -0.2) is 0 Å². The lowest BCUT2D eigenvalue weighted by Gasteiger charge is -2.44. The molecule has 3 N–H and O–H groups in total. The zero-order valence-corrected chi connectivity index (χ0v) is 9.85. The molecule has 0 atom stereocenters. The molecule has 0 aliphatic heterocycles. The van der Waals surface area contributed by atoms with Gasteiger partial charge in [-0.1, -0.05) is 18.2 Å². The van der Waals surface area contributed by atoms with Gasteiger partial charge in [-0.3, -0.25) is 4.79 Å².